The van der Waals surface area contributed by atoms with Gasteiger partial charge in [0.25, 0.3) is 0 Å². The van der Waals surface area contributed by atoms with Crippen molar-refractivity contribution >= 4 is 31.9 Å². The second-order valence-corrected chi connectivity index (χ2v) is 5.69. The molecule has 0 amide bonds. The molecule has 0 fully saturated rings. The SMILES string of the molecule is CCOc1c(Br)cc(CNCC(C)C#N)cc1Br. The van der Waals surface area contributed by atoms with E-state index in [9.17, 15) is 0 Å². The lowest BCUT2D eigenvalue weighted by molar-refractivity contribution is 0.336. The largest absolute Gasteiger partial charge is 0.492 e. The number of ether oxygens (including phenoxy) is 1. The zero-order valence-corrected chi connectivity index (χ0v) is 13.6. The molecule has 0 spiro atoms. The van der Waals surface area contributed by atoms with Crippen molar-refractivity contribution in [3.8, 4) is 11.8 Å². The summed E-state index contributed by atoms with van der Waals surface area (Å²) in [5.74, 6) is 0.853. The molecule has 0 saturated carbocycles. The molecular formula is C13H16Br2N2O. The van der Waals surface area contributed by atoms with Gasteiger partial charge in [0, 0.05) is 13.1 Å². The van der Waals surface area contributed by atoms with E-state index in [-0.39, 0.29) is 5.92 Å². The van der Waals surface area contributed by atoms with Crippen LogP contribution in [0.2, 0.25) is 0 Å². The molecule has 0 bridgehead atoms. The number of nitrogens with one attached hydrogen (secondary N) is 1. The van der Waals surface area contributed by atoms with Gasteiger partial charge in [0.1, 0.15) is 5.75 Å². The van der Waals surface area contributed by atoms with Gasteiger partial charge in [-0.2, -0.15) is 5.26 Å². The molecule has 0 saturated heterocycles. The molecular weight excluding hydrogens is 360 g/mol. The molecule has 1 rings (SSSR count). The van der Waals surface area contributed by atoms with Gasteiger partial charge in [-0.3, -0.25) is 0 Å². The third kappa shape index (κ3) is 4.60. The maximum atomic E-state index is 8.69. The highest BCUT2D eigenvalue weighted by molar-refractivity contribution is 9.11. The van der Waals surface area contributed by atoms with E-state index in [1.807, 2.05) is 26.0 Å². The Labute approximate surface area is 125 Å². The van der Waals surface area contributed by atoms with Crippen LogP contribution in [0.15, 0.2) is 21.1 Å². The van der Waals surface area contributed by atoms with Gasteiger partial charge in [0.2, 0.25) is 0 Å². The number of halogens is 2. The first-order chi connectivity index (χ1) is 8.58. The van der Waals surface area contributed by atoms with E-state index in [1.165, 1.54) is 0 Å². The topological polar surface area (TPSA) is 45.0 Å². The normalized spacial score (nSPS) is 11.9. The maximum absolute atomic E-state index is 8.69. The third-order valence-electron chi connectivity index (χ3n) is 2.35. The predicted molar refractivity (Wildman–Crippen MR) is 79.5 cm³/mol. The number of hydrogen-bond acceptors (Lipinski definition) is 3. The molecule has 98 valence electrons. The summed E-state index contributed by atoms with van der Waals surface area (Å²) < 4.78 is 7.39. The molecule has 18 heavy (non-hydrogen) atoms. The van der Waals surface area contributed by atoms with Crippen LogP contribution in [0, 0.1) is 17.2 Å². The molecule has 5 heteroatoms. The summed E-state index contributed by atoms with van der Waals surface area (Å²) in [6, 6.07) is 6.25. The number of nitriles is 1. The van der Waals surface area contributed by atoms with E-state index in [0.29, 0.717) is 13.2 Å². The molecule has 0 aliphatic carbocycles. The van der Waals surface area contributed by atoms with E-state index >= 15 is 0 Å². The van der Waals surface area contributed by atoms with Crippen LogP contribution in [0.4, 0.5) is 0 Å². The molecule has 0 heterocycles. The summed E-state index contributed by atoms with van der Waals surface area (Å²) in [5, 5.41) is 11.9. The molecule has 1 aromatic carbocycles. The van der Waals surface area contributed by atoms with Gasteiger partial charge in [0.15, 0.2) is 0 Å². The van der Waals surface area contributed by atoms with Crippen LogP contribution in [0.5, 0.6) is 5.75 Å². The molecule has 1 N–H and O–H groups in total. The molecule has 3 nitrogen and oxygen atoms in total. The van der Waals surface area contributed by atoms with Crippen LogP contribution in [0.1, 0.15) is 19.4 Å². The van der Waals surface area contributed by atoms with E-state index in [1.54, 1.807) is 0 Å². The van der Waals surface area contributed by atoms with Crippen LogP contribution in [-0.2, 0) is 6.54 Å². The number of nitrogens with zero attached hydrogens (tertiary/aromatic N) is 1. The zero-order valence-electron chi connectivity index (χ0n) is 10.5. The minimum atomic E-state index is 0.0274. The summed E-state index contributed by atoms with van der Waals surface area (Å²) >= 11 is 7.00. The second-order valence-electron chi connectivity index (χ2n) is 3.98. The smallest absolute Gasteiger partial charge is 0.147 e. The van der Waals surface area contributed by atoms with Gasteiger partial charge >= 0.3 is 0 Å². The van der Waals surface area contributed by atoms with Crippen molar-refractivity contribution in [3.05, 3.63) is 26.6 Å². The van der Waals surface area contributed by atoms with Gasteiger partial charge in [-0.25, -0.2) is 0 Å². The minimum Gasteiger partial charge on any atom is -0.492 e. The van der Waals surface area contributed by atoms with E-state index < -0.39 is 0 Å². The molecule has 1 aromatic rings. The first-order valence-corrected chi connectivity index (χ1v) is 7.38. The van der Waals surface area contributed by atoms with Crippen LogP contribution >= 0.6 is 31.9 Å². The van der Waals surface area contributed by atoms with Gasteiger partial charge in [-0.15, -0.1) is 0 Å². The monoisotopic (exact) mass is 374 g/mol. The number of benzene rings is 1. The van der Waals surface area contributed by atoms with Gasteiger partial charge in [-0.1, -0.05) is 0 Å². The van der Waals surface area contributed by atoms with Crippen LogP contribution in [-0.4, -0.2) is 13.2 Å². The predicted octanol–water partition coefficient (Wildman–Crippen LogP) is 3.86. The fourth-order valence-electron chi connectivity index (χ4n) is 1.48. The fraction of sp³-hybridized carbons (Fsp3) is 0.462. The maximum Gasteiger partial charge on any atom is 0.147 e. The zero-order chi connectivity index (χ0) is 13.5. The Kier molecular flexibility index (Phi) is 6.69. The van der Waals surface area contributed by atoms with Crippen molar-refractivity contribution in [1.82, 2.24) is 5.32 Å². The average molecular weight is 376 g/mol. The number of rotatable bonds is 6. The van der Waals surface area contributed by atoms with Crippen LogP contribution in [0.25, 0.3) is 0 Å². The van der Waals surface area contributed by atoms with Crippen molar-refractivity contribution < 1.29 is 4.74 Å². The van der Waals surface area contributed by atoms with E-state index in [2.05, 4.69) is 43.2 Å². The first kappa shape index (κ1) is 15.5. The Morgan fingerprint density at radius 3 is 2.50 bits per heavy atom. The van der Waals surface area contributed by atoms with Crippen LogP contribution < -0.4 is 10.1 Å². The molecule has 1 unspecified atom stereocenters. The van der Waals surface area contributed by atoms with Crippen molar-refractivity contribution in [1.29, 1.82) is 5.26 Å². The molecule has 0 radical (unpaired) electrons. The van der Waals surface area contributed by atoms with Crippen molar-refractivity contribution in [2.45, 2.75) is 20.4 Å². The summed E-state index contributed by atoms with van der Waals surface area (Å²) in [6.07, 6.45) is 0. The highest BCUT2D eigenvalue weighted by Gasteiger charge is 2.08. The second kappa shape index (κ2) is 7.78. The standard InChI is InChI=1S/C13H16Br2N2O/c1-3-18-13-11(14)4-10(5-12(13)15)8-17-7-9(2)6-16/h4-5,9,17H,3,7-8H2,1-2H3. The molecule has 0 aromatic heterocycles. The minimum absolute atomic E-state index is 0.0274. The Morgan fingerprint density at radius 1 is 1.39 bits per heavy atom. The van der Waals surface area contributed by atoms with Crippen molar-refractivity contribution in [2.75, 3.05) is 13.2 Å². The quantitative estimate of drug-likeness (QED) is 0.820. The Morgan fingerprint density at radius 2 is 2.00 bits per heavy atom. The summed E-state index contributed by atoms with van der Waals surface area (Å²) in [4.78, 5) is 0. The highest BCUT2D eigenvalue weighted by Crippen LogP contribution is 2.34. The average Bonchev–Trinajstić information content (AvgIpc) is 2.33. The third-order valence-corrected chi connectivity index (χ3v) is 3.52. The lowest BCUT2D eigenvalue weighted by Gasteiger charge is -2.12. The molecule has 1 atom stereocenters. The fourth-order valence-corrected chi connectivity index (χ4v) is 2.99. The Balaban J connectivity index is 2.66. The van der Waals surface area contributed by atoms with Gasteiger partial charge in [-0.05, 0) is 63.4 Å². The van der Waals surface area contributed by atoms with Crippen molar-refractivity contribution in [2.24, 2.45) is 5.92 Å². The Bertz CT molecular complexity index is 420. The summed E-state index contributed by atoms with van der Waals surface area (Å²) in [6.45, 7) is 5.91. The first-order valence-electron chi connectivity index (χ1n) is 5.79. The van der Waals surface area contributed by atoms with E-state index in [0.717, 1.165) is 26.8 Å². The van der Waals surface area contributed by atoms with Crippen LogP contribution in [0.3, 0.4) is 0 Å². The number of hydrogen-bond donors (Lipinski definition) is 1. The summed E-state index contributed by atoms with van der Waals surface area (Å²) in [5.41, 5.74) is 1.14. The molecule has 0 aliphatic heterocycles. The Hall–Kier alpha value is -0.570. The van der Waals surface area contributed by atoms with E-state index in [4.69, 9.17) is 10.00 Å². The van der Waals surface area contributed by atoms with Gasteiger partial charge in [0.05, 0.1) is 27.5 Å². The summed E-state index contributed by atoms with van der Waals surface area (Å²) in [7, 11) is 0. The lowest BCUT2D eigenvalue weighted by Crippen LogP contribution is -2.19. The highest BCUT2D eigenvalue weighted by atomic mass is 79.9. The lowest BCUT2D eigenvalue weighted by atomic mass is 10.2. The molecule has 0 aliphatic rings. The van der Waals surface area contributed by atoms with Crippen molar-refractivity contribution in [3.63, 3.8) is 0 Å². The van der Waals surface area contributed by atoms with Gasteiger partial charge < -0.3 is 10.1 Å².